The highest BCUT2D eigenvalue weighted by molar-refractivity contribution is 7.19. The van der Waals surface area contributed by atoms with Crippen LogP contribution in [-0.2, 0) is 0 Å². The van der Waals surface area contributed by atoms with Crippen molar-refractivity contribution < 1.29 is 18.9 Å². The second-order valence-electron chi connectivity index (χ2n) is 8.87. The first kappa shape index (κ1) is 26.2. The van der Waals surface area contributed by atoms with Gasteiger partial charge in [0.15, 0.2) is 0 Å². The maximum atomic E-state index is 5.78. The Morgan fingerprint density at radius 1 is 0.351 bits per heavy atom. The first-order valence-electron chi connectivity index (χ1n) is 13.2. The lowest BCUT2D eigenvalue weighted by atomic mass is 9.13. The summed E-state index contributed by atoms with van der Waals surface area (Å²) in [6, 6.07) is 34.0. The molecule has 192 valence electrons. The highest BCUT2D eigenvalue weighted by atomic mass is 16.5. The number of hydrogen-bond donors (Lipinski definition) is 0. The van der Waals surface area contributed by atoms with Crippen LogP contribution in [0.2, 0.25) is 0 Å². The van der Waals surface area contributed by atoms with Crippen molar-refractivity contribution in [1.82, 2.24) is 0 Å². The van der Waals surface area contributed by atoms with E-state index in [1.807, 2.05) is 27.7 Å². The highest BCUT2D eigenvalue weighted by Gasteiger charge is 2.32. The van der Waals surface area contributed by atoms with Crippen LogP contribution in [0, 0.1) is 0 Å². The number of ether oxygens (including phenoxy) is 4. The molecule has 5 heteroatoms. The van der Waals surface area contributed by atoms with Gasteiger partial charge in [0.2, 0.25) is 0 Å². The molecule has 0 saturated carbocycles. The van der Waals surface area contributed by atoms with Crippen LogP contribution in [-0.4, -0.2) is 32.6 Å². The Labute approximate surface area is 221 Å². The molecule has 0 spiro atoms. The van der Waals surface area contributed by atoms with E-state index in [2.05, 4.69) is 97.1 Å². The van der Waals surface area contributed by atoms with Crippen LogP contribution in [0.5, 0.6) is 23.0 Å². The molecule has 0 N–H and O–H groups in total. The van der Waals surface area contributed by atoms with Crippen LogP contribution in [0.1, 0.15) is 27.7 Å². The van der Waals surface area contributed by atoms with Gasteiger partial charge in [-0.3, -0.25) is 0 Å². The Bertz CT molecular complexity index is 1030. The molecule has 0 aromatic heterocycles. The molecule has 0 atom stereocenters. The maximum absolute atomic E-state index is 5.78. The molecule has 0 saturated heterocycles. The summed E-state index contributed by atoms with van der Waals surface area (Å²) in [6.45, 7) is 10.5. The second-order valence-corrected chi connectivity index (χ2v) is 8.87. The van der Waals surface area contributed by atoms with Gasteiger partial charge in [-0.1, -0.05) is 48.5 Å². The van der Waals surface area contributed by atoms with Crippen molar-refractivity contribution in [3.63, 3.8) is 0 Å². The number of rotatable bonds is 12. The van der Waals surface area contributed by atoms with E-state index in [0.717, 1.165) is 23.0 Å². The van der Waals surface area contributed by atoms with Gasteiger partial charge in [0.25, 0.3) is 0 Å². The Kier molecular flexibility index (Phi) is 8.79. The van der Waals surface area contributed by atoms with Gasteiger partial charge in [0, 0.05) is 0 Å². The third-order valence-electron chi connectivity index (χ3n) is 6.76. The van der Waals surface area contributed by atoms with E-state index >= 15 is 0 Å². The molecular formula is C32H36BO4-. The topological polar surface area (TPSA) is 36.9 Å². The Morgan fingerprint density at radius 3 is 0.703 bits per heavy atom. The summed E-state index contributed by atoms with van der Waals surface area (Å²) in [7, 11) is 0. The van der Waals surface area contributed by atoms with Gasteiger partial charge in [0.05, 0.1) is 26.4 Å². The van der Waals surface area contributed by atoms with Crippen molar-refractivity contribution in [2.75, 3.05) is 26.4 Å². The van der Waals surface area contributed by atoms with Crippen molar-refractivity contribution >= 4 is 28.0 Å². The van der Waals surface area contributed by atoms with E-state index < -0.39 is 6.15 Å². The van der Waals surface area contributed by atoms with Crippen LogP contribution in [0.3, 0.4) is 0 Å². The fraction of sp³-hybridized carbons (Fsp3) is 0.250. The minimum absolute atomic E-state index is 0.631. The standard InChI is InChI=1S/C32H36BO4/c1-5-34-29-17-9-25(10-18-29)33(26-11-19-30(20-12-26)35-6-2,27-13-21-31(22-14-27)36-7-3)28-15-23-32(24-16-28)37-8-4/h9-24H,5-8H2,1-4H3/q-1. The minimum Gasteiger partial charge on any atom is -0.494 e. The summed E-state index contributed by atoms with van der Waals surface area (Å²) >= 11 is 0. The normalized spacial score (nSPS) is 11.1. The van der Waals surface area contributed by atoms with Crippen molar-refractivity contribution in [1.29, 1.82) is 0 Å². The molecule has 0 radical (unpaired) electrons. The monoisotopic (exact) mass is 495 g/mol. The molecule has 4 rings (SSSR count). The molecular weight excluding hydrogens is 459 g/mol. The fourth-order valence-electron chi connectivity index (χ4n) is 5.23. The summed E-state index contributed by atoms with van der Waals surface area (Å²) in [6.07, 6.45) is -1.54. The quantitative estimate of drug-likeness (QED) is 0.268. The molecule has 4 aromatic carbocycles. The zero-order chi connectivity index (χ0) is 26.1. The van der Waals surface area contributed by atoms with E-state index in [4.69, 9.17) is 18.9 Å². The first-order chi connectivity index (χ1) is 18.1. The van der Waals surface area contributed by atoms with Gasteiger partial charge in [-0.05, 0) is 76.2 Å². The first-order valence-corrected chi connectivity index (χ1v) is 13.2. The predicted molar refractivity (Wildman–Crippen MR) is 155 cm³/mol. The number of benzene rings is 4. The van der Waals surface area contributed by atoms with E-state index in [9.17, 15) is 0 Å². The molecule has 4 nitrogen and oxygen atoms in total. The van der Waals surface area contributed by atoms with Crippen LogP contribution >= 0.6 is 0 Å². The van der Waals surface area contributed by atoms with E-state index in [1.165, 1.54) is 21.9 Å². The summed E-state index contributed by atoms with van der Waals surface area (Å²) in [5.74, 6) is 3.45. The highest BCUT2D eigenvalue weighted by Crippen LogP contribution is 2.19. The zero-order valence-electron chi connectivity index (χ0n) is 22.3. The molecule has 37 heavy (non-hydrogen) atoms. The molecule has 0 fully saturated rings. The molecule has 0 unspecified atom stereocenters. The molecule has 0 aliphatic carbocycles. The third-order valence-corrected chi connectivity index (χ3v) is 6.76. The fourth-order valence-corrected chi connectivity index (χ4v) is 5.23. The molecule has 4 aromatic rings. The smallest absolute Gasteiger partial charge is 0.119 e. The van der Waals surface area contributed by atoms with Crippen LogP contribution < -0.4 is 40.8 Å². The van der Waals surface area contributed by atoms with Crippen LogP contribution in [0.15, 0.2) is 97.1 Å². The second kappa shape index (κ2) is 12.4. The zero-order valence-corrected chi connectivity index (χ0v) is 22.3. The maximum Gasteiger partial charge on any atom is 0.119 e. The van der Waals surface area contributed by atoms with Crippen molar-refractivity contribution in [3.8, 4) is 23.0 Å². The van der Waals surface area contributed by atoms with E-state index in [0.29, 0.717) is 26.4 Å². The molecule has 0 aliphatic rings. The Balaban J connectivity index is 1.98. The van der Waals surface area contributed by atoms with Crippen molar-refractivity contribution in [3.05, 3.63) is 97.1 Å². The summed E-state index contributed by atoms with van der Waals surface area (Å²) < 4.78 is 23.1. The molecule has 0 aliphatic heterocycles. The van der Waals surface area contributed by atoms with Crippen LogP contribution in [0.4, 0.5) is 0 Å². The van der Waals surface area contributed by atoms with Gasteiger partial charge in [-0.2, -0.15) is 21.9 Å². The lowest BCUT2D eigenvalue weighted by molar-refractivity contribution is 0.340. The van der Waals surface area contributed by atoms with E-state index in [1.54, 1.807) is 0 Å². The predicted octanol–water partition coefficient (Wildman–Crippen LogP) is 4.66. The lowest BCUT2D eigenvalue weighted by Gasteiger charge is -2.44. The van der Waals surface area contributed by atoms with Gasteiger partial charge < -0.3 is 18.9 Å². The molecule has 0 amide bonds. The van der Waals surface area contributed by atoms with Gasteiger partial charge in [-0.25, -0.2) is 0 Å². The van der Waals surface area contributed by atoms with Crippen molar-refractivity contribution in [2.45, 2.75) is 27.7 Å². The van der Waals surface area contributed by atoms with Gasteiger partial charge in [0.1, 0.15) is 29.1 Å². The number of hydrogen-bond acceptors (Lipinski definition) is 4. The Morgan fingerprint density at radius 2 is 0.541 bits per heavy atom. The van der Waals surface area contributed by atoms with Crippen molar-refractivity contribution in [2.24, 2.45) is 0 Å². The summed E-state index contributed by atoms with van der Waals surface area (Å²) in [5, 5.41) is 0. The third kappa shape index (κ3) is 5.61. The minimum atomic E-state index is -1.54. The largest absolute Gasteiger partial charge is 0.494 e. The summed E-state index contributed by atoms with van der Waals surface area (Å²) in [4.78, 5) is 0. The SMILES string of the molecule is CCOc1ccc([B-](c2ccc(OCC)cc2)(c2ccc(OCC)cc2)c2ccc(OCC)cc2)cc1. The van der Waals surface area contributed by atoms with Crippen LogP contribution in [0.25, 0.3) is 0 Å². The van der Waals surface area contributed by atoms with E-state index in [-0.39, 0.29) is 0 Å². The lowest BCUT2D eigenvalue weighted by Crippen LogP contribution is -2.74. The molecule has 0 heterocycles. The molecule has 0 bridgehead atoms. The van der Waals surface area contributed by atoms with Gasteiger partial charge >= 0.3 is 0 Å². The average Bonchev–Trinajstić information content (AvgIpc) is 2.93. The summed E-state index contributed by atoms with van der Waals surface area (Å²) in [5.41, 5.74) is 4.78. The average molecular weight is 495 g/mol. The Hall–Kier alpha value is -3.86. The van der Waals surface area contributed by atoms with Gasteiger partial charge in [-0.15, -0.1) is 0 Å².